The number of halogens is 3. The number of aliphatic carboxylic acids is 1. The predicted molar refractivity (Wildman–Crippen MR) is 192 cm³/mol. The molecule has 2 aliphatic carbocycles. The van der Waals surface area contributed by atoms with Crippen LogP contribution in [-0.4, -0.2) is 118 Å². The highest BCUT2D eigenvalue weighted by atomic mass is 19.4. The van der Waals surface area contributed by atoms with E-state index in [4.69, 9.17) is 9.84 Å². The van der Waals surface area contributed by atoms with Crippen LogP contribution >= 0.6 is 0 Å². The number of nitrogens with one attached hydrogen (secondary N) is 2. The van der Waals surface area contributed by atoms with Gasteiger partial charge in [-0.2, -0.15) is 18.2 Å². The van der Waals surface area contributed by atoms with Crippen LogP contribution < -0.4 is 10.2 Å². The number of methoxy groups -OCH3 is 1. The highest BCUT2D eigenvalue weighted by molar-refractivity contribution is 6.03. The first kappa shape index (κ1) is 37.2. The number of carbonyl (C=O) groups is 3. The minimum Gasteiger partial charge on any atom is -0.480 e. The summed E-state index contributed by atoms with van der Waals surface area (Å²) in [5, 5.41) is 11.7. The van der Waals surface area contributed by atoms with Crippen LogP contribution in [0.5, 0.6) is 0 Å². The molecular formula is C37H42F3N9O5. The van der Waals surface area contributed by atoms with Crippen molar-refractivity contribution in [2.24, 2.45) is 5.41 Å². The second kappa shape index (κ2) is 14.9. The van der Waals surface area contributed by atoms with Crippen molar-refractivity contribution in [3.05, 3.63) is 59.2 Å². The molecule has 0 unspecified atom stereocenters. The van der Waals surface area contributed by atoms with Gasteiger partial charge in [-0.15, -0.1) is 0 Å². The Morgan fingerprint density at radius 1 is 1.06 bits per heavy atom. The molecule has 0 aromatic carbocycles. The van der Waals surface area contributed by atoms with E-state index in [0.717, 1.165) is 31.7 Å². The Morgan fingerprint density at radius 2 is 1.80 bits per heavy atom. The van der Waals surface area contributed by atoms with Gasteiger partial charge in [0.05, 0.1) is 41.4 Å². The first-order chi connectivity index (χ1) is 25.8. The lowest BCUT2D eigenvalue weighted by atomic mass is 9.86. The van der Waals surface area contributed by atoms with Crippen molar-refractivity contribution in [2.75, 3.05) is 70.2 Å². The predicted octanol–water partition coefficient (Wildman–Crippen LogP) is 5.05. The fourth-order valence-electron chi connectivity index (χ4n) is 7.68. The molecule has 3 N–H and O–H groups in total. The molecule has 4 aromatic heterocycles. The van der Waals surface area contributed by atoms with Crippen molar-refractivity contribution < 1.29 is 37.4 Å². The van der Waals surface area contributed by atoms with E-state index in [1.54, 1.807) is 23.0 Å². The Hall–Kier alpha value is -5.16. The normalized spacial score (nSPS) is 17.5. The molecule has 4 aromatic rings. The molecule has 14 nitrogen and oxygen atoms in total. The summed E-state index contributed by atoms with van der Waals surface area (Å²) < 4.78 is 48.3. The molecule has 0 spiro atoms. The van der Waals surface area contributed by atoms with E-state index in [2.05, 4.69) is 30.2 Å². The van der Waals surface area contributed by atoms with Crippen molar-refractivity contribution in [3.8, 4) is 11.3 Å². The third-order valence-electron chi connectivity index (χ3n) is 10.5. The van der Waals surface area contributed by atoms with Crippen LogP contribution in [0, 0.1) is 5.41 Å². The lowest BCUT2D eigenvalue weighted by Gasteiger charge is -2.34. The molecule has 286 valence electrons. The molecule has 0 radical (unpaired) electrons. The van der Waals surface area contributed by atoms with Crippen molar-refractivity contribution in [1.29, 1.82) is 0 Å². The summed E-state index contributed by atoms with van der Waals surface area (Å²) in [7, 11) is 3.59. The minimum absolute atomic E-state index is 0.0218. The Morgan fingerprint density at radius 3 is 2.43 bits per heavy atom. The number of aromatic nitrogens is 5. The first-order valence-corrected chi connectivity index (χ1v) is 18.0. The lowest BCUT2D eigenvalue weighted by molar-refractivity contribution is -0.139. The molecule has 0 bridgehead atoms. The molecule has 1 aliphatic heterocycles. The summed E-state index contributed by atoms with van der Waals surface area (Å²) >= 11 is 0. The van der Waals surface area contributed by atoms with Crippen molar-refractivity contribution in [2.45, 2.75) is 50.6 Å². The molecule has 3 fully saturated rings. The summed E-state index contributed by atoms with van der Waals surface area (Å²) in [6.07, 6.45) is 3.60. The van der Waals surface area contributed by atoms with Gasteiger partial charge in [0.1, 0.15) is 11.2 Å². The standard InChI is InChI=1S/C37H42F3N9O5/c1-47(20-36(21-54-2)9-3-4-10-36)28-16-27(24-15-25(37(38,39)40)30(42-18-24)22-5-6-22)43-32-31(28)44-35(45-32)46-33(52)26-8-7-23(17-41-26)34(53)49-13-11-48(12-14-49)19-29(50)51/h7-8,15-18,22H,3-6,9-14,19-21H2,1-2H3,(H,50,51)(H2,43,44,45,46,52). The number of rotatable bonds is 12. The number of hydrogen-bond acceptors (Lipinski definition) is 10. The Kier molecular flexibility index (Phi) is 10.3. The highest BCUT2D eigenvalue weighted by Crippen LogP contribution is 2.46. The van der Waals surface area contributed by atoms with E-state index in [1.165, 1.54) is 24.5 Å². The molecular weight excluding hydrogens is 707 g/mol. The van der Waals surface area contributed by atoms with Crippen LogP contribution in [0.25, 0.3) is 22.4 Å². The van der Waals surface area contributed by atoms with Crippen LogP contribution in [0.1, 0.15) is 76.5 Å². The number of fused-ring (bicyclic) bond motifs is 1. The topological polar surface area (TPSA) is 170 Å². The van der Waals surface area contributed by atoms with Gasteiger partial charge in [-0.1, -0.05) is 12.8 Å². The second-order valence-corrected chi connectivity index (χ2v) is 14.6. The molecule has 2 amide bonds. The number of amides is 2. The number of piperazine rings is 1. The highest BCUT2D eigenvalue weighted by Gasteiger charge is 2.40. The number of aromatic amines is 1. The van der Waals surface area contributed by atoms with Gasteiger partial charge >= 0.3 is 12.1 Å². The number of carboxylic acids is 1. The van der Waals surface area contributed by atoms with Gasteiger partial charge in [-0.25, -0.2) is 4.98 Å². The zero-order chi connectivity index (χ0) is 38.2. The molecule has 3 aliphatic rings. The Balaban J connectivity index is 1.15. The molecule has 1 saturated heterocycles. The Bertz CT molecular complexity index is 2040. The number of carbonyl (C=O) groups excluding carboxylic acids is 2. The van der Waals surface area contributed by atoms with Gasteiger partial charge in [0, 0.05) is 76.2 Å². The van der Waals surface area contributed by atoms with Gasteiger partial charge in [-0.3, -0.25) is 34.6 Å². The number of imidazole rings is 1. The summed E-state index contributed by atoms with van der Waals surface area (Å²) in [6, 6.07) is 5.76. The Labute approximate surface area is 309 Å². The maximum Gasteiger partial charge on any atom is 0.418 e. The number of alkyl halides is 3. The third-order valence-corrected chi connectivity index (χ3v) is 10.5. The largest absolute Gasteiger partial charge is 0.480 e. The molecule has 7 rings (SSSR count). The van der Waals surface area contributed by atoms with Crippen LogP contribution in [0.15, 0.2) is 36.7 Å². The van der Waals surface area contributed by atoms with Gasteiger partial charge in [0.25, 0.3) is 11.8 Å². The van der Waals surface area contributed by atoms with Gasteiger partial charge in [-0.05, 0) is 49.9 Å². The molecule has 0 atom stereocenters. The summed E-state index contributed by atoms with van der Waals surface area (Å²) in [6.45, 7) is 2.69. The van der Waals surface area contributed by atoms with Crippen molar-refractivity contribution in [3.63, 3.8) is 0 Å². The smallest absolute Gasteiger partial charge is 0.418 e. The fraction of sp³-hybridized carbons (Fsp3) is 0.486. The second-order valence-electron chi connectivity index (χ2n) is 14.6. The average molecular weight is 750 g/mol. The molecule has 5 heterocycles. The number of hydrogen-bond donors (Lipinski definition) is 3. The van der Waals surface area contributed by atoms with Crippen LogP contribution in [0.3, 0.4) is 0 Å². The number of anilines is 2. The SMILES string of the molecule is COCC1(CN(C)c2cc(-c3cnc(C4CC4)c(C(F)(F)F)c3)nc3nc(NC(=O)c4ccc(C(=O)N5CCN(CC(=O)O)CC5)cn4)[nH]c23)CCCC1. The number of nitrogens with zero attached hydrogens (tertiary/aromatic N) is 7. The van der Waals surface area contributed by atoms with E-state index >= 15 is 0 Å². The van der Waals surface area contributed by atoms with Gasteiger partial charge < -0.3 is 24.6 Å². The summed E-state index contributed by atoms with van der Waals surface area (Å²) in [5.74, 6) is -1.95. The van der Waals surface area contributed by atoms with Crippen molar-refractivity contribution in [1.82, 2.24) is 34.7 Å². The summed E-state index contributed by atoms with van der Waals surface area (Å²) in [4.78, 5) is 63.6. The summed E-state index contributed by atoms with van der Waals surface area (Å²) in [5.41, 5.74) is 1.25. The number of ether oxygens (including phenoxy) is 1. The lowest BCUT2D eigenvalue weighted by Crippen LogP contribution is -2.49. The monoisotopic (exact) mass is 749 g/mol. The third kappa shape index (κ3) is 8.01. The maximum atomic E-state index is 14.2. The van der Waals surface area contributed by atoms with Crippen LogP contribution in [0.4, 0.5) is 24.8 Å². The average Bonchev–Trinajstić information content (AvgIpc) is 3.76. The quantitative estimate of drug-likeness (QED) is 0.177. The van der Waals surface area contributed by atoms with E-state index in [9.17, 15) is 27.6 Å². The van der Waals surface area contributed by atoms with Gasteiger partial charge in [0.2, 0.25) is 5.95 Å². The minimum atomic E-state index is -4.58. The number of H-pyrrole nitrogens is 1. The van der Waals surface area contributed by atoms with Crippen LogP contribution in [-0.2, 0) is 15.7 Å². The number of pyridine rings is 3. The van der Waals surface area contributed by atoms with E-state index in [1.807, 2.05) is 11.9 Å². The zero-order valence-electron chi connectivity index (χ0n) is 30.1. The van der Waals surface area contributed by atoms with E-state index in [-0.39, 0.29) is 63.6 Å². The van der Waals surface area contributed by atoms with E-state index in [0.29, 0.717) is 63.4 Å². The zero-order valence-corrected chi connectivity index (χ0v) is 30.1. The molecule has 54 heavy (non-hydrogen) atoms. The number of carboxylic acid groups (broad SMARTS) is 1. The fourth-order valence-corrected chi connectivity index (χ4v) is 7.68. The van der Waals surface area contributed by atoms with Gasteiger partial charge in [0.15, 0.2) is 5.65 Å². The molecule has 17 heteroatoms. The van der Waals surface area contributed by atoms with Crippen molar-refractivity contribution >= 4 is 40.6 Å². The maximum absolute atomic E-state index is 14.2. The van der Waals surface area contributed by atoms with Crippen LogP contribution in [0.2, 0.25) is 0 Å². The van der Waals surface area contributed by atoms with E-state index < -0.39 is 23.6 Å². The molecule has 2 saturated carbocycles. The first-order valence-electron chi connectivity index (χ1n) is 18.0.